The molecule has 4 heteroatoms. The lowest BCUT2D eigenvalue weighted by atomic mass is 9.87. The highest BCUT2D eigenvalue weighted by Gasteiger charge is 2.22. The summed E-state index contributed by atoms with van der Waals surface area (Å²) in [7, 11) is 0. The van der Waals surface area contributed by atoms with Gasteiger partial charge in [0, 0.05) is 16.5 Å². The van der Waals surface area contributed by atoms with Crippen molar-refractivity contribution in [2.24, 2.45) is 0 Å². The highest BCUT2D eigenvalue weighted by Crippen LogP contribution is 2.27. The van der Waals surface area contributed by atoms with E-state index in [-0.39, 0.29) is 5.41 Å². The molecule has 1 aromatic heterocycles. The molecule has 0 amide bonds. The lowest BCUT2D eigenvalue weighted by Crippen LogP contribution is -3.13. The minimum atomic E-state index is 0.226. The van der Waals surface area contributed by atoms with E-state index >= 15 is 0 Å². The number of nitrogens with one attached hydrogen (secondary N) is 1. The molecule has 2 heterocycles. The van der Waals surface area contributed by atoms with Crippen LogP contribution in [0.2, 0.25) is 0 Å². The van der Waals surface area contributed by atoms with Crippen LogP contribution in [0.15, 0.2) is 60.0 Å². The number of hydrogen-bond donors (Lipinski definition) is 1. The minimum Gasteiger partial charge on any atom is -0.337 e. The fourth-order valence-electron chi connectivity index (χ4n) is 3.75. The zero-order valence-electron chi connectivity index (χ0n) is 17.1. The van der Waals surface area contributed by atoms with Gasteiger partial charge in [0.1, 0.15) is 6.54 Å². The first-order valence-electron chi connectivity index (χ1n) is 10.2. The summed E-state index contributed by atoms with van der Waals surface area (Å²) in [6.45, 7) is 12.4. The minimum absolute atomic E-state index is 0.226. The normalized spacial score (nSPS) is 15.8. The standard InChI is InChI=1S/C24H29N3S/c1-24(2,3)21-11-9-19(10-12-21)17-26-13-15-27(16-14-26)23-25-22(18-28-23)20-7-5-4-6-8-20/h4-12,18H,13-17H2,1-3H3/p+1. The summed E-state index contributed by atoms with van der Waals surface area (Å²) >= 11 is 1.77. The molecule has 0 radical (unpaired) electrons. The van der Waals surface area contributed by atoms with Gasteiger partial charge in [0.05, 0.1) is 31.9 Å². The summed E-state index contributed by atoms with van der Waals surface area (Å²) in [5, 5.41) is 3.34. The van der Waals surface area contributed by atoms with Gasteiger partial charge in [-0.05, 0) is 11.0 Å². The highest BCUT2D eigenvalue weighted by atomic mass is 32.1. The predicted octanol–water partition coefficient (Wildman–Crippen LogP) is 4.01. The lowest BCUT2D eigenvalue weighted by molar-refractivity contribution is -0.914. The van der Waals surface area contributed by atoms with E-state index in [0.29, 0.717) is 0 Å². The van der Waals surface area contributed by atoms with E-state index in [0.717, 1.165) is 30.5 Å². The number of rotatable bonds is 4. The molecule has 28 heavy (non-hydrogen) atoms. The van der Waals surface area contributed by atoms with Crippen LogP contribution in [0.3, 0.4) is 0 Å². The zero-order valence-corrected chi connectivity index (χ0v) is 17.9. The third-order valence-corrected chi connectivity index (χ3v) is 6.48. The SMILES string of the molecule is CC(C)(C)c1ccc(C[NH+]2CCN(c3nc(-c4ccccc4)cs3)CC2)cc1. The molecule has 1 aliphatic heterocycles. The van der Waals surface area contributed by atoms with Crippen LogP contribution < -0.4 is 9.80 Å². The van der Waals surface area contributed by atoms with Crippen LogP contribution in [-0.4, -0.2) is 31.2 Å². The quantitative estimate of drug-likeness (QED) is 0.724. The first kappa shape index (κ1) is 19.2. The number of hydrogen-bond acceptors (Lipinski definition) is 3. The topological polar surface area (TPSA) is 20.6 Å². The maximum absolute atomic E-state index is 4.88. The molecule has 0 atom stereocenters. The van der Waals surface area contributed by atoms with E-state index in [2.05, 4.69) is 85.6 Å². The molecule has 0 spiro atoms. The van der Waals surface area contributed by atoms with Gasteiger partial charge in [0.15, 0.2) is 5.13 Å². The summed E-state index contributed by atoms with van der Waals surface area (Å²) in [5.41, 5.74) is 5.37. The van der Waals surface area contributed by atoms with Crippen molar-refractivity contribution in [3.63, 3.8) is 0 Å². The number of aromatic nitrogens is 1. The van der Waals surface area contributed by atoms with Crippen LogP contribution in [-0.2, 0) is 12.0 Å². The number of anilines is 1. The molecule has 1 aliphatic rings. The van der Waals surface area contributed by atoms with E-state index < -0.39 is 0 Å². The maximum atomic E-state index is 4.88. The molecule has 1 saturated heterocycles. The molecule has 146 valence electrons. The number of thiazole rings is 1. The van der Waals surface area contributed by atoms with Gasteiger partial charge in [-0.25, -0.2) is 4.98 Å². The Morgan fingerprint density at radius 2 is 1.64 bits per heavy atom. The lowest BCUT2D eigenvalue weighted by Gasteiger charge is -2.32. The zero-order chi connectivity index (χ0) is 19.6. The van der Waals surface area contributed by atoms with Crippen molar-refractivity contribution >= 4 is 16.5 Å². The fraction of sp³-hybridized carbons (Fsp3) is 0.375. The Labute approximate surface area is 172 Å². The number of piperazine rings is 1. The Morgan fingerprint density at radius 1 is 0.964 bits per heavy atom. The van der Waals surface area contributed by atoms with E-state index in [1.54, 1.807) is 16.2 Å². The van der Waals surface area contributed by atoms with Crippen LogP contribution in [0, 0.1) is 0 Å². The predicted molar refractivity (Wildman–Crippen MR) is 119 cm³/mol. The second-order valence-electron chi connectivity index (χ2n) is 8.74. The number of nitrogens with zero attached hydrogens (tertiary/aromatic N) is 2. The van der Waals surface area contributed by atoms with Crippen molar-refractivity contribution in [1.29, 1.82) is 0 Å². The van der Waals surface area contributed by atoms with Gasteiger partial charge in [-0.3, -0.25) is 0 Å². The molecule has 1 fully saturated rings. The van der Waals surface area contributed by atoms with Crippen LogP contribution in [0.5, 0.6) is 0 Å². The summed E-state index contributed by atoms with van der Waals surface area (Å²) in [4.78, 5) is 9.00. The van der Waals surface area contributed by atoms with E-state index in [1.807, 2.05) is 0 Å². The van der Waals surface area contributed by atoms with Crippen LogP contribution in [0.25, 0.3) is 11.3 Å². The molecule has 4 rings (SSSR count). The van der Waals surface area contributed by atoms with Crippen molar-refractivity contribution in [3.8, 4) is 11.3 Å². The maximum Gasteiger partial charge on any atom is 0.186 e. The second-order valence-corrected chi connectivity index (χ2v) is 9.58. The number of quaternary nitrogens is 1. The molecule has 3 nitrogen and oxygen atoms in total. The molecular weight excluding hydrogens is 362 g/mol. The Balaban J connectivity index is 1.33. The highest BCUT2D eigenvalue weighted by molar-refractivity contribution is 7.14. The summed E-state index contributed by atoms with van der Waals surface area (Å²) in [6.07, 6.45) is 0. The van der Waals surface area contributed by atoms with Gasteiger partial charge in [0.2, 0.25) is 0 Å². The first-order valence-corrected chi connectivity index (χ1v) is 11.1. The van der Waals surface area contributed by atoms with Gasteiger partial charge >= 0.3 is 0 Å². The van der Waals surface area contributed by atoms with Crippen molar-refractivity contribution in [2.75, 3.05) is 31.1 Å². The fourth-order valence-corrected chi connectivity index (χ4v) is 4.64. The van der Waals surface area contributed by atoms with E-state index in [1.165, 1.54) is 29.8 Å². The van der Waals surface area contributed by atoms with Gasteiger partial charge in [-0.2, -0.15) is 0 Å². The average molecular weight is 393 g/mol. The van der Waals surface area contributed by atoms with Crippen LogP contribution in [0.1, 0.15) is 31.9 Å². The van der Waals surface area contributed by atoms with Crippen molar-refractivity contribution in [1.82, 2.24) is 4.98 Å². The molecule has 0 aliphatic carbocycles. The van der Waals surface area contributed by atoms with Gasteiger partial charge in [0.25, 0.3) is 0 Å². The molecular formula is C24H30N3S+. The van der Waals surface area contributed by atoms with Gasteiger partial charge in [-0.1, -0.05) is 75.4 Å². The smallest absolute Gasteiger partial charge is 0.186 e. The largest absolute Gasteiger partial charge is 0.337 e. The number of benzene rings is 2. The molecule has 2 aromatic carbocycles. The van der Waals surface area contributed by atoms with Crippen LogP contribution >= 0.6 is 11.3 Å². The molecule has 1 N–H and O–H groups in total. The van der Waals surface area contributed by atoms with Crippen molar-refractivity contribution < 1.29 is 4.90 Å². The third kappa shape index (κ3) is 4.45. The van der Waals surface area contributed by atoms with Crippen LogP contribution in [0.4, 0.5) is 5.13 Å². The van der Waals surface area contributed by atoms with Crippen molar-refractivity contribution in [2.45, 2.75) is 32.7 Å². The molecule has 3 aromatic rings. The Hall–Kier alpha value is -2.17. The first-order chi connectivity index (χ1) is 13.5. The molecule has 0 saturated carbocycles. The van der Waals surface area contributed by atoms with E-state index in [4.69, 9.17) is 4.98 Å². The summed E-state index contributed by atoms with van der Waals surface area (Å²) in [6, 6.07) is 19.7. The second kappa shape index (κ2) is 8.06. The molecule has 0 bridgehead atoms. The van der Waals surface area contributed by atoms with Crippen molar-refractivity contribution in [3.05, 3.63) is 71.1 Å². The summed E-state index contributed by atoms with van der Waals surface area (Å²) in [5.74, 6) is 0. The van der Waals surface area contributed by atoms with Gasteiger partial charge < -0.3 is 9.80 Å². The average Bonchev–Trinajstić information content (AvgIpc) is 3.19. The van der Waals surface area contributed by atoms with Gasteiger partial charge in [-0.15, -0.1) is 11.3 Å². The Bertz CT molecular complexity index is 886. The monoisotopic (exact) mass is 392 g/mol. The molecule has 0 unspecified atom stereocenters. The Kier molecular flexibility index (Phi) is 5.51. The summed E-state index contributed by atoms with van der Waals surface area (Å²) < 4.78 is 0. The Morgan fingerprint density at radius 3 is 2.29 bits per heavy atom. The van der Waals surface area contributed by atoms with E-state index in [9.17, 15) is 0 Å². The third-order valence-electron chi connectivity index (χ3n) is 5.58.